The van der Waals surface area contributed by atoms with Gasteiger partial charge in [-0.05, 0) is 48.7 Å². The topological polar surface area (TPSA) is 71.0 Å². The lowest BCUT2D eigenvalue weighted by Crippen LogP contribution is -2.39. The lowest BCUT2D eigenvalue weighted by Gasteiger charge is -2.29. The smallest absolute Gasteiger partial charge is 0.191 e. The Balaban J connectivity index is 1.50. The SMILES string of the molecule is CCNC(=NCCN1CCc2cc(OC)c(OC)cc2C1)NCCc1ccccn1. The van der Waals surface area contributed by atoms with Crippen molar-refractivity contribution in [1.82, 2.24) is 20.5 Å². The van der Waals surface area contributed by atoms with Crippen molar-refractivity contribution >= 4 is 5.96 Å². The van der Waals surface area contributed by atoms with Gasteiger partial charge in [-0.15, -0.1) is 0 Å². The highest BCUT2D eigenvalue weighted by Gasteiger charge is 2.19. The van der Waals surface area contributed by atoms with Crippen LogP contribution in [-0.2, 0) is 19.4 Å². The Morgan fingerprint density at radius 1 is 1.13 bits per heavy atom. The maximum atomic E-state index is 5.46. The molecular formula is C23H33N5O2. The van der Waals surface area contributed by atoms with Crippen LogP contribution in [0.1, 0.15) is 23.7 Å². The van der Waals surface area contributed by atoms with E-state index in [0.29, 0.717) is 0 Å². The molecule has 0 fully saturated rings. The summed E-state index contributed by atoms with van der Waals surface area (Å²) in [6.45, 7) is 7.34. The molecule has 0 saturated carbocycles. The van der Waals surface area contributed by atoms with Crippen molar-refractivity contribution in [1.29, 1.82) is 0 Å². The van der Waals surface area contributed by atoms with Gasteiger partial charge in [0, 0.05) is 51.0 Å². The zero-order valence-corrected chi connectivity index (χ0v) is 18.3. The number of fused-ring (bicyclic) bond motifs is 1. The zero-order valence-electron chi connectivity index (χ0n) is 18.3. The van der Waals surface area contributed by atoms with Gasteiger partial charge in [-0.25, -0.2) is 0 Å². The molecule has 7 nitrogen and oxygen atoms in total. The molecule has 2 N–H and O–H groups in total. The van der Waals surface area contributed by atoms with Crippen LogP contribution in [0.25, 0.3) is 0 Å². The van der Waals surface area contributed by atoms with Crippen molar-refractivity contribution < 1.29 is 9.47 Å². The summed E-state index contributed by atoms with van der Waals surface area (Å²) in [6.07, 6.45) is 3.72. The number of methoxy groups -OCH3 is 2. The molecule has 0 amide bonds. The number of pyridine rings is 1. The van der Waals surface area contributed by atoms with Crippen LogP contribution in [0, 0.1) is 0 Å². The van der Waals surface area contributed by atoms with Crippen molar-refractivity contribution in [3.05, 3.63) is 53.3 Å². The molecule has 0 atom stereocenters. The summed E-state index contributed by atoms with van der Waals surface area (Å²) in [4.78, 5) is 11.5. The van der Waals surface area contributed by atoms with Crippen molar-refractivity contribution in [3.8, 4) is 11.5 Å². The van der Waals surface area contributed by atoms with Gasteiger partial charge in [0.25, 0.3) is 0 Å². The fraction of sp³-hybridized carbons (Fsp3) is 0.478. The summed E-state index contributed by atoms with van der Waals surface area (Å²) in [6, 6.07) is 10.2. The fourth-order valence-electron chi connectivity index (χ4n) is 3.63. The third-order valence-corrected chi connectivity index (χ3v) is 5.23. The minimum absolute atomic E-state index is 0.752. The first-order chi connectivity index (χ1) is 14.7. The maximum absolute atomic E-state index is 5.46. The summed E-state index contributed by atoms with van der Waals surface area (Å²) in [5.74, 6) is 2.46. The number of nitrogens with one attached hydrogen (secondary N) is 2. The molecular weight excluding hydrogens is 378 g/mol. The van der Waals surface area contributed by atoms with E-state index < -0.39 is 0 Å². The van der Waals surface area contributed by atoms with E-state index >= 15 is 0 Å². The zero-order chi connectivity index (χ0) is 21.2. The molecule has 1 aromatic carbocycles. The summed E-state index contributed by atoms with van der Waals surface area (Å²) in [5, 5.41) is 6.72. The molecule has 0 unspecified atom stereocenters. The molecule has 0 saturated heterocycles. The van der Waals surface area contributed by atoms with Gasteiger partial charge in [0.1, 0.15) is 0 Å². The Morgan fingerprint density at radius 2 is 1.93 bits per heavy atom. The highest BCUT2D eigenvalue weighted by Crippen LogP contribution is 2.33. The number of benzene rings is 1. The predicted octanol–water partition coefficient (Wildman–Crippen LogP) is 2.25. The molecule has 1 aromatic heterocycles. The van der Waals surface area contributed by atoms with E-state index in [1.807, 2.05) is 24.4 Å². The lowest BCUT2D eigenvalue weighted by molar-refractivity contribution is 0.260. The number of ether oxygens (including phenoxy) is 2. The Labute approximate surface area is 179 Å². The molecule has 7 heteroatoms. The Morgan fingerprint density at radius 3 is 2.63 bits per heavy atom. The van der Waals surface area contributed by atoms with Gasteiger partial charge in [0.15, 0.2) is 17.5 Å². The fourth-order valence-corrected chi connectivity index (χ4v) is 3.63. The Hall–Kier alpha value is -2.80. The second-order valence-corrected chi connectivity index (χ2v) is 7.26. The summed E-state index contributed by atoms with van der Waals surface area (Å²) in [7, 11) is 3.37. The number of guanidine groups is 1. The first-order valence-corrected chi connectivity index (χ1v) is 10.6. The molecule has 2 heterocycles. The van der Waals surface area contributed by atoms with E-state index in [4.69, 9.17) is 14.5 Å². The molecule has 162 valence electrons. The van der Waals surface area contributed by atoms with E-state index in [9.17, 15) is 0 Å². The predicted molar refractivity (Wildman–Crippen MR) is 120 cm³/mol. The highest BCUT2D eigenvalue weighted by molar-refractivity contribution is 5.79. The normalized spacial score (nSPS) is 14.2. The van der Waals surface area contributed by atoms with Crippen LogP contribution < -0.4 is 20.1 Å². The van der Waals surface area contributed by atoms with Crippen molar-refractivity contribution in [2.24, 2.45) is 4.99 Å². The van der Waals surface area contributed by atoms with Crippen LogP contribution in [-0.4, -0.2) is 62.8 Å². The third-order valence-electron chi connectivity index (χ3n) is 5.23. The summed E-state index contributed by atoms with van der Waals surface area (Å²) in [5.41, 5.74) is 3.74. The monoisotopic (exact) mass is 411 g/mol. The van der Waals surface area contributed by atoms with E-state index in [1.54, 1.807) is 14.2 Å². The summed E-state index contributed by atoms with van der Waals surface area (Å²) < 4.78 is 10.9. The Bertz CT molecular complexity index is 826. The number of nitrogens with zero attached hydrogens (tertiary/aromatic N) is 3. The number of aliphatic imine (C=N–C) groups is 1. The first kappa shape index (κ1) is 21.9. The quantitative estimate of drug-likeness (QED) is 0.487. The molecule has 3 rings (SSSR count). The van der Waals surface area contributed by atoms with E-state index in [0.717, 1.165) is 75.3 Å². The minimum Gasteiger partial charge on any atom is -0.493 e. The van der Waals surface area contributed by atoms with Gasteiger partial charge in [0.2, 0.25) is 0 Å². The van der Waals surface area contributed by atoms with Crippen LogP contribution in [0.5, 0.6) is 11.5 Å². The van der Waals surface area contributed by atoms with Crippen LogP contribution in [0.3, 0.4) is 0 Å². The maximum Gasteiger partial charge on any atom is 0.191 e. The van der Waals surface area contributed by atoms with Crippen LogP contribution in [0.15, 0.2) is 41.5 Å². The average Bonchev–Trinajstić information content (AvgIpc) is 2.78. The number of rotatable bonds is 9. The second-order valence-electron chi connectivity index (χ2n) is 7.26. The van der Waals surface area contributed by atoms with Gasteiger partial charge in [-0.1, -0.05) is 6.07 Å². The standard InChI is InChI=1S/C23H33N5O2/c1-4-24-23(26-11-8-20-7-5-6-10-25-20)27-12-14-28-13-9-18-15-21(29-2)22(30-3)16-19(18)17-28/h5-7,10,15-16H,4,8-9,11-14,17H2,1-3H3,(H2,24,26,27). The Kier molecular flexibility index (Phi) is 8.32. The van der Waals surface area contributed by atoms with E-state index in [2.05, 4.69) is 39.6 Å². The minimum atomic E-state index is 0.752. The van der Waals surface area contributed by atoms with Gasteiger partial charge in [0.05, 0.1) is 20.8 Å². The van der Waals surface area contributed by atoms with E-state index in [1.165, 1.54) is 11.1 Å². The van der Waals surface area contributed by atoms with Crippen molar-refractivity contribution in [2.75, 3.05) is 46.9 Å². The first-order valence-electron chi connectivity index (χ1n) is 10.6. The third kappa shape index (κ3) is 6.10. The van der Waals surface area contributed by atoms with Crippen molar-refractivity contribution in [3.63, 3.8) is 0 Å². The molecule has 0 aliphatic carbocycles. The average molecular weight is 412 g/mol. The molecule has 0 radical (unpaired) electrons. The molecule has 1 aliphatic rings. The highest BCUT2D eigenvalue weighted by atomic mass is 16.5. The largest absolute Gasteiger partial charge is 0.493 e. The molecule has 2 aromatic rings. The van der Waals surface area contributed by atoms with Gasteiger partial charge >= 0.3 is 0 Å². The van der Waals surface area contributed by atoms with Gasteiger partial charge in [-0.3, -0.25) is 14.9 Å². The number of hydrogen-bond acceptors (Lipinski definition) is 5. The molecule has 1 aliphatic heterocycles. The second kappa shape index (κ2) is 11.4. The molecule has 0 bridgehead atoms. The molecule has 30 heavy (non-hydrogen) atoms. The molecule has 0 spiro atoms. The van der Waals surface area contributed by atoms with Crippen LogP contribution in [0.4, 0.5) is 0 Å². The number of hydrogen-bond donors (Lipinski definition) is 2. The van der Waals surface area contributed by atoms with Crippen LogP contribution in [0.2, 0.25) is 0 Å². The summed E-state index contributed by atoms with van der Waals surface area (Å²) >= 11 is 0. The lowest BCUT2D eigenvalue weighted by atomic mass is 9.99. The van der Waals surface area contributed by atoms with E-state index in [-0.39, 0.29) is 0 Å². The van der Waals surface area contributed by atoms with Gasteiger partial charge in [-0.2, -0.15) is 0 Å². The van der Waals surface area contributed by atoms with Crippen LogP contribution >= 0.6 is 0 Å². The van der Waals surface area contributed by atoms with Gasteiger partial charge < -0.3 is 20.1 Å². The number of aromatic nitrogens is 1. The van der Waals surface area contributed by atoms with Crippen molar-refractivity contribution in [2.45, 2.75) is 26.3 Å².